The van der Waals surface area contributed by atoms with Crippen molar-refractivity contribution in [3.63, 3.8) is 0 Å². The summed E-state index contributed by atoms with van der Waals surface area (Å²) in [4.78, 5) is 9.37. The van der Waals surface area contributed by atoms with E-state index in [-0.39, 0.29) is 12.6 Å². The number of imidazole rings is 1. The van der Waals surface area contributed by atoms with E-state index in [9.17, 15) is 10.5 Å². The molecule has 0 bridgehead atoms. The molecule has 1 aliphatic heterocycles. The SMILES string of the molecule is Cc1c(CC#N)c(N2CCCC2N(C)C)n2c(nc3ccccc32)c1C#N. The smallest absolute Gasteiger partial charge is 0.157 e. The summed E-state index contributed by atoms with van der Waals surface area (Å²) in [6.07, 6.45) is 2.71. The molecule has 1 aliphatic rings. The van der Waals surface area contributed by atoms with E-state index >= 15 is 0 Å². The van der Waals surface area contributed by atoms with Crippen LogP contribution < -0.4 is 4.90 Å². The zero-order valence-corrected chi connectivity index (χ0v) is 15.9. The molecule has 0 saturated carbocycles. The van der Waals surface area contributed by atoms with Gasteiger partial charge in [0, 0.05) is 12.1 Å². The lowest BCUT2D eigenvalue weighted by Gasteiger charge is -2.34. The van der Waals surface area contributed by atoms with E-state index in [1.54, 1.807) is 0 Å². The second-order valence-corrected chi connectivity index (χ2v) is 7.29. The van der Waals surface area contributed by atoms with Gasteiger partial charge in [0.1, 0.15) is 11.9 Å². The van der Waals surface area contributed by atoms with Gasteiger partial charge >= 0.3 is 0 Å². The number of rotatable bonds is 3. The minimum absolute atomic E-state index is 0.263. The maximum Gasteiger partial charge on any atom is 0.157 e. The molecule has 1 fully saturated rings. The molecule has 1 atom stereocenters. The molecular weight excluding hydrogens is 336 g/mol. The fourth-order valence-corrected chi connectivity index (χ4v) is 4.29. The number of nitrogens with zero attached hydrogens (tertiary/aromatic N) is 6. The first-order valence-corrected chi connectivity index (χ1v) is 9.21. The number of benzene rings is 1. The molecule has 0 radical (unpaired) electrons. The average Bonchev–Trinajstić information content (AvgIpc) is 3.28. The largest absolute Gasteiger partial charge is 0.342 e. The van der Waals surface area contributed by atoms with Gasteiger partial charge in [-0.1, -0.05) is 12.1 Å². The first-order chi connectivity index (χ1) is 13.1. The van der Waals surface area contributed by atoms with Crippen molar-refractivity contribution >= 4 is 22.5 Å². The monoisotopic (exact) mass is 358 g/mol. The van der Waals surface area contributed by atoms with E-state index in [4.69, 9.17) is 4.98 Å². The second-order valence-electron chi connectivity index (χ2n) is 7.29. The van der Waals surface area contributed by atoms with Gasteiger partial charge in [0.2, 0.25) is 0 Å². The predicted octanol–water partition coefficient (Wildman–Crippen LogP) is 3.22. The maximum atomic E-state index is 9.82. The van der Waals surface area contributed by atoms with Crippen molar-refractivity contribution in [2.75, 3.05) is 25.5 Å². The Hall–Kier alpha value is -3.09. The summed E-state index contributed by atoms with van der Waals surface area (Å²) in [7, 11) is 4.18. The third-order valence-corrected chi connectivity index (χ3v) is 5.55. The summed E-state index contributed by atoms with van der Waals surface area (Å²) >= 11 is 0. The van der Waals surface area contributed by atoms with Gasteiger partial charge < -0.3 is 4.90 Å². The van der Waals surface area contributed by atoms with Gasteiger partial charge in [-0.2, -0.15) is 10.5 Å². The molecule has 136 valence electrons. The molecule has 2 aromatic heterocycles. The van der Waals surface area contributed by atoms with Crippen LogP contribution in [0.4, 0.5) is 5.82 Å². The van der Waals surface area contributed by atoms with E-state index in [0.29, 0.717) is 11.2 Å². The molecule has 0 N–H and O–H groups in total. The molecule has 6 heteroatoms. The van der Waals surface area contributed by atoms with Crippen LogP contribution in [0.1, 0.15) is 29.5 Å². The van der Waals surface area contributed by atoms with Crippen LogP contribution in [0.5, 0.6) is 0 Å². The molecule has 0 amide bonds. The Morgan fingerprint density at radius 1 is 1.26 bits per heavy atom. The Morgan fingerprint density at radius 3 is 2.74 bits per heavy atom. The number of nitriles is 2. The highest BCUT2D eigenvalue weighted by Crippen LogP contribution is 2.37. The quantitative estimate of drug-likeness (QED) is 0.719. The predicted molar refractivity (Wildman–Crippen MR) is 106 cm³/mol. The van der Waals surface area contributed by atoms with E-state index in [0.717, 1.165) is 47.4 Å². The Kier molecular flexibility index (Phi) is 4.22. The van der Waals surface area contributed by atoms with Crippen LogP contribution in [-0.4, -0.2) is 41.1 Å². The summed E-state index contributed by atoms with van der Waals surface area (Å²) in [5.41, 5.74) is 4.87. The zero-order valence-electron chi connectivity index (χ0n) is 15.9. The van der Waals surface area contributed by atoms with Gasteiger partial charge in [-0.25, -0.2) is 4.98 Å². The van der Waals surface area contributed by atoms with E-state index < -0.39 is 0 Å². The van der Waals surface area contributed by atoms with Crippen LogP contribution in [0.3, 0.4) is 0 Å². The zero-order chi connectivity index (χ0) is 19.1. The first kappa shape index (κ1) is 17.3. The first-order valence-electron chi connectivity index (χ1n) is 9.21. The topological polar surface area (TPSA) is 71.4 Å². The summed E-state index contributed by atoms with van der Waals surface area (Å²) in [6.45, 7) is 2.86. The highest BCUT2D eigenvalue weighted by Gasteiger charge is 2.32. The normalized spacial score (nSPS) is 17.0. The average molecular weight is 358 g/mol. The van der Waals surface area contributed by atoms with Gasteiger partial charge in [-0.3, -0.25) is 9.30 Å². The van der Waals surface area contributed by atoms with Crippen molar-refractivity contribution in [1.82, 2.24) is 14.3 Å². The number of hydrogen-bond acceptors (Lipinski definition) is 5. The summed E-state index contributed by atoms with van der Waals surface area (Å²) in [6, 6.07) is 12.6. The lowest BCUT2D eigenvalue weighted by molar-refractivity contribution is 0.300. The number of para-hydroxylation sites is 2. The molecule has 1 unspecified atom stereocenters. The lowest BCUT2D eigenvalue weighted by atomic mass is 10.0. The number of anilines is 1. The van der Waals surface area contributed by atoms with Gasteiger partial charge in [-0.05, 0) is 51.6 Å². The van der Waals surface area contributed by atoms with Gasteiger partial charge in [0.15, 0.2) is 5.65 Å². The molecule has 4 rings (SSSR count). The molecule has 1 aromatic carbocycles. The van der Waals surface area contributed by atoms with Crippen molar-refractivity contribution in [3.8, 4) is 12.1 Å². The van der Waals surface area contributed by atoms with E-state index in [2.05, 4.69) is 40.4 Å². The molecule has 0 aliphatic carbocycles. The maximum absolute atomic E-state index is 9.82. The summed E-state index contributed by atoms with van der Waals surface area (Å²) < 4.78 is 2.09. The van der Waals surface area contributed by atoms with E-state index in [1.807, 2.05) is 31.2 Å². The van der Waals surface area contributed by atoms with Crippen molar-refractivity contribution in [3.05, 3.63) is 41.0 Å². The van der Waals surface area contributed by atoms with E-state index in [1.165, 1.54) is 0 Å². The van der Waals surface area contributed by atoms with Crippen LogP contribution in [0, 0.1) is 29.6 Å². The Morgan fingerprint density at radius 2 is 2.04 bits per heavy atom. The highest BCUT2D eigenvalue weighted by atomic mass is 15.4. The van der Waals surface area contributed by atoms with Crippen molar-refractivity contribution in [2.45, 2.75) is 32.4 Å². The third-order valence-electron chi connectivity index (χ3n) is 5.55. The van der Waals surface area contributed by atoms with Gasteiger partial charge in [-0.15, -0.1) is 0 Å². The molecular formula is C21H22N6. The summed E-state index contributed by atoms with van der Waals surface area (Å²) in [5.74, 6) is 1.01. The fraction of sp³-hybridized carbons (Fsp3) is 0.381. The van der Waals surface area contributed by atoms with Crippen LogP contribution in [0.2, 0.25) is 0 Å². The highest BCUT2D eigenvalue weighted by molar-refractivity contribution is 5.86. The van der Waals surface area contributed by atoms with Crippen LogP contribution in [0.15, 0.2) is 24.3 Å². The van der Waals surface area contributed by atoms with Crippen molar-refractivity contribution in [2.24, 2.45) is 0 Å². The van der Waals surface area contributed by atoms with Crippen molar-refractivity contribution in [1.29, 1.82) is 10.5 Å². The molecule has 27 heavy (non-hydrogen) atoms. The molecule has 0 spiro atoms. The van der Waals surface area contributed by atoms with Crippen LogP contribution in [-0.2, 0) is 6.42 Å². The van der Waals surface area contributed by atoms with Crippen molar-refractivity contribution < 1.29 is 0 Å². The molecule has 3 heterocycles. The lowest BCUT2D eigenvalue weighted by Crippen LogP contribution is -2.42. The molecule has 6 nitrogen and oxygen atoms in total. The van der Waals surface area contributed by atoms with Crippen LogP contribution >= 0.6 is 0 Å². The number of aromatic nitrogens is 2. The molecule has 1 saturated heterocycles. The minimum atomic E-state index is 0.263. The van der Waals surface area contributed by atoms with Crippen LogP contribution in [0.25, 0.3) is 16.7 Å². The number of fused-ring (bicyclic) bond motifs is 3. The summed E-state index contributed by atoms with van der Waals surface area (Å²) in [5, 5.41) is 19.3. The number of pyridine rings is 1. The minimum Gasteiger partial charge on any atom is -0.342 e. The van der Waals surface area contributed by atoms with Gasteiger partial charge in [0.25, 0.3) is 0 Å². The second kappa shape index (κ2) is 6.57. The Balaban J connectivity index is 2.16. The third kappa shape index (κ3) is 2.53. The van der Waals surface area contributed by atoms with Gasteiger partial charge in [0.05, 0.1) is 35.3 Å². The Labute approximate surface area is 158 Å². The standard InChI is InChI=1S/C21H22N6/c1-14-15(10-11-22)21(26-12-6-9-19(26)25(2)3)27-18-8-5-4-7-17(18)24-20(27)16(14)13-23/h4-5,7-8,19H,6,9-10,12H2,1-3H3. The number of hydrogen-bond donors (Lipinski definition) is 0. The fourth-order valence-electron chi connectivity index (χ4n) is 4.29. The molecule has 3 aromatic rings. The Bertz CT molecular complexity index is 1110.